The minimum absolute atomic E-state index is 0.527. The van der Waals surface area contributed by atoms with Crippen LogP contribution in [0, 0.1) is 6.92 Å². The van der Waals surface area contributed by atoms with Crippen LogP contribution in [-0.4, -0.2) is 20.6 Å². The molecule has 78 valence electrons. The second kappa shape index (κ2) is 3.95. The molecule has 4 N–H and O–H groups in total. The maximum Gasteiger partial charge on any atom is 0.193 e. The standard InChI is InChI=1S/C9H12N6/c1-6-2-3-7(4-8(6)10)11-5-9-12-14-15-13-9/h2-4,11H,5,10H2,1H3,(H,12,13,14,15). The Balaban J connectivity index is 2.02. The van der Waals surface area contributed by atoms with Crippen LogP contribution in [0.1, 0.15) is 11.4 Å². The number of nitrogen functional groups attached to an aromatic ring is 1. The highest BCUT2D eigenvalue weighted by Crippen LogP contribution is 2.16. The van der Waals surface area contributed by atoms with Gasteiger partial charge in [0.2, 0.25) is 0 Å². The first-order valence-corrected chi connectivity index (χ1v) is 4.58. The van der Waals surface area contributed by atoms with Crippen molar-refractivity contribution in [3.8, 4) is 0 Å². The number of nitrogens with zero attached hydrogens (tertiary/aromatic N) is 3. The molecule has 0 spiro atoms. The Morgan fingerprint density at radius 2 is 2.33 bits per heavy atom. The molecule has 2 aromatic rings. The third kappa shape index (κ3) is 2.22. The van der Waals surface area contributed by atoms with Gasteiger partial charge in [-0.15, -0.1) is 10.2 Å². The van der Waals surface area contributed by atoms with Crippen LogP contribution in [0.25, 0.3) is 0 Å². The number of anilines is 2. The lowest BCUT2D eigenvalue weighted by atomic mass is 10.2. The van der Waals surface area contributed by atoms with Crippen molar-refractivity contribution in [1.29, 1.82) is 0 Å². The molecule has 0 radical (unpaired) electrons. The number of benzene rings is 1. The molecule has 0 amide bonds. The van der Waals surface area contributed by atoms with Gasteiger partial charge >= 0.3 is 0 Å². The summed E-state index contributed by atoms with van der Waals surface area (Å²) in [5.41, 5.74) is 8.57. The molecule has 0 saturated heterocycles. The fourth-order valence-corrected chi connectivity index (χ4v) is 1.19. The number of aryl methyl sites for hydroxylation is 1. The van der Waals surface area contributed by atoms with E-state index in [1.807, 2.05) is 25.1 Å². The molecule has 0 fully saturated rings. The van der Waals surface area contributed by atoms with E-state index < -0.39 is 0 Å². The Kier molecular flexibility index (Phi) is 2.49. The summed E-state index contributed by atoms with van der Waals surface area (Å²) in [7, 11) is 0. The van der Waals surface area contributed by atoms with E-state index in [0.717, 1.165) is 16.9 Å². The predicted octanol–water partition coefficient (Wildman–Crippen LogP) is 0.702. The van der Waals surface area contributed by atoms with Gasteiger partial charge in [0.25, 0.3) is 0 Å². The number of tetrazole rings is 1. The maximum atomic E-state index is 5.78. The molecule has 1 aromatic heterocycles. The summed E-state index contributed by atoms with van der Waals surface area (Å²) < 4.78 is 0. The zero-order valence-electron chi connectivity index (χ0n) is 8.36. The van der Waals surface area contributed by atoms with Crippen molar-refractivity contribution in [2.75, 3.05) is 11.1 Å². The zero-order chi connectivity index (χ0) is 10.7. The molecule has 0 bridgehead atoms. The molecule has 0 aliphatic carbocycles. The van der Waals surface area contributed by atoms with Gasteiger partial charge in [0, 0.05) is 11.4 Å². The minimum atomic E-state index is 0.527. The number of hydrogen-bond acceptors (Lipinski definition) is 5. The fourth-order valence-electron chi connectivity index (χ4n) is 1.19. The smallest absolute Gasteiger partial charge is 0.193 e. The normalized spacial score (nSPS) is 10.2. The highest BCUT2D eigenvalue weighted by Gasteiger charge is 1.99. The molecule has 0 aliphatic heterocycles. The van der Waals surface area contributed by atoms with Crippen LogP contribution in [0.4, 0.5) is 11.4 Å². The number of rotatable bonds is 3. The van der Waals surface area contributed by atoms with Gasteiger partial charge in [0.05, 0.1) is 6.54 Å². The average molecular weight is 204 g/mol. The highest BCUT2D eigenvalue weighted by atomic mass is 15.5. The SMILES string of the molecule is Cc1ccc(NCc2nn[nH]n2)cc1N. The van der Waals surface area contributed by atoms with Crippen LogP contribution >= 0.6 is 0 Å². The maximum absolute atomic E-state index is 5.78. The third-order valence-corrected chi connectivity index (χ3v) is 2.12. The van der Waals surface area contributed by atoms with Crippen LogP contribution < -0.4 is 11.1 Å². The van der Waals surface area contributed by atoms with Crippen molar-refractivity contribution < 1.29 is 0 Å². The molecule has 2 rings (SSSR count). The molecule has 6 heteroatoms. The first-order chi connectivity index (χ1) is 7.25. The second-order valence-corrected chi connectivity index (χ2v) is 3.25. The summed E-state index contributed by atoms with van der Waals surface area (Å²) in [6, 6.07) is 5.81. The zero-order valence-corrected chi connectivity index (χ0v) is 8.36. The van der Waals surface area contributed by atoms with Gasteiger partial charge in [-0.2, -0.15) is 5.21 Å². The van der Waals surface area contributed by atoms with Gasteiger partial charge < -0.3 is 11.1 Å². The Bertz CT molecular complexity index is 436. The summed E-state index contributed by atoms with van der Waals surface area (Å²) in [5.74, 6) is 0.620. The van der Waals surface area contributed by atoms with E-state index in [9.17, 15) is 0 Å². The van der Waals surface area contributed by atoms with E-state index in [4.69, 9.17) is 5.73 Å². The minimum Gasteiger partial charge on any atom is -0.398 e. The number of aromatic amines is 1. The molecule has 0 unspecified atom stereocenters. The van der Waals surface area contributed by atoms with Crippen molar-refractivity contribution in [1.82, 2.24) is 20.6 Å². The molecular weight excluding hydrogens is 192 g/mol. The lowest BCUT2D eigenvalue weighted by molar-refractivity contribution is 0.881. The van der Waals surface area contributed by atoms with Gasteiger partial charge in [0.1, 0.15) is 0 Å². The van der Waals surface area contributed by atoms with Crippen molar-refractivity contribution in [3.63, 3.8) is 0 Å². The van der Waals surface area contributed by atoms with Crippen LogP contribution in [0.3, 0.4) is 0 Å². The summed E-state index contributed by atoms with van der Waals surface area (Å²) in [5, 5.41) is 16.7. The van der Waals surface area contributed by atoms with E-state index >= 15 is 0 Å². The van der Waals surface area contributed by atoms with Gasteiger partial charge in [0.15, 0.2) is 5.82 Å². The van der Waals surface area contributed by atoms with Crippen LogP contribution in [0.5, 0.6) is 0 Å². The van der Waals surface area contributed by atoms with Gasteiger partial charge in [-0.25, -0.2) is 0 Å². The van der Waals surface area contributed by atoms with E-state index in [1.165, 1.54) is 0 Å². The molecular formula is C9H12N6. The van der Waals surface area contributed by atoms with Gasteiger partial charge in [-0.05, 0) is 24.6 Å². The summed E-state index contributed by atoms with van der Waals surface area (Å²) in [4.78, 5) is 0. The fraction of sp³-hybridized carbons (Fsp3) is 0.222. The first-order valence-electron chi connectivity index (χ1n) is 4.58. The first kappa shape index (κ1) is 9.45. The molecule has 0 saturated carbocycles. The van der Waals surface area contributed by atoms with Crippen molar-refractivity contribution in [2.45, 2.75) is 13.5 Å². The number of nitrogens with one attached hydrogen (secondary N) is 2. The number of hydrogen-bond donors (Lipinski definition) is 3. The average Bonchev–Trinajstić information content (AvgIpc) is 2.73. The third-order valence-electron chi connectivity index (χ3n) is 2.12. The largest absolute Gasteiger partial charge is 0.398 e. The molecule has 6 nitrogen and oxygen atoms in total. The lowest BCUT2D eigenvalue weighted by Gasteiger charge is -2.06. The predicted molar refractivity (Wildman–Crippen MR) is 57.1 cm³/mol. The van der Waals surface area contributed by atoms with Crippen molar-refractivity contribution in [3.05, 3.63) is 29.6 Å². The Hall–Kier alpha value is -2.11. The number of aromatic nitrogens is 4. The van der Waals surface area contributed by atoms with Crippen molar-refractivity contribution >= 4 is 11.4 Å². The summed E-state index contributed by atoms with van der Waals surface area (Å²) in [6.45, 7) is 2.50. The van der Waals surface area contributed by atoms with Gasteiger partial charge in [-0.3, -0.25) is 0 Å². The van der Waals surface area contributed by atoms with E-state index in [0.29, 0.717) is 12.4 Å². The number of nitrogens with two attached hydrogens (primary N) is 1. The topological polar surface area (TPSA) is 92.5 Å². The molecule has 1 heterocycles. The van der Waals surface area contributed by atoms with Crippen molar-refractivity contribution in [2.24, 2.45) is 0 Å². The highest BCUT2D eigenvalue weighted by molar-refractivity contribution is 5.58. The number of H-pyrrole nitrogens is 1. The lowest BCUT2D eigenvalue weighted by Crippen LogP contribution is -2.02. The van der Waals surface area contributed by atoms with Crippen LogP contribution in [-0.2, 0) is 6.54 Å². The Morgan fingerprint density at radius 3 is 3.00 bits per heavy atom. The van der Waals surface area contributed by atoms with Crippen LogP contribution in [0.15, 0.2) is 18.2 Å². The van der Waals surface area contributed by atoms with Crippen LogP contribution in [0.2, 0.25) is 0 Å². The second-order valence-electron chi connectivity index (χ2n) is 3.25. The Labute approximate surface area is 86.9 Å². The molecule has 15 heavy (non-hydrogen) atoms. The molecule has 1 aromatic carbocycles. The quantitative estimate of drug-likeness (QED) is 0.640. The van der Waals surface area contributed by atoms with E-state index in [2.05, 4.69) is 25.9 Å². The monoisotopic (exact) mass is 204 g/mol. The summed E-state index contributed by atoms with van der Waals surface area (Å²) in [6.07, 6.45) is 0. The van der Waals surface area contributed by atoms with E-state index in [-0.39, 0.29) is 0 Å². The molecule has 0 atom stereocenters. The Morgan fingerprint density at radius 1 is 1.47 bits per heavy atom. The van der Waals surface area contributed by atoms with Gasteiger partial charge in [-0.1, -0.05) is 11.3 Å². The van der Waals surface area contributed by atoms with E-state index in [1.54, 1.807) is 0 Å². The molecule has 0 aliphatic rings. The summed E-state index contributed by atoms with van der Waals surface area (Å²) >= 11 is 0.